The van der Waals surface area contributed by atoms with Gasteiger partial charge in [-0.05, 0) is 45.7 Å². The maximum absolute atomic E-state index is 5.76. The molecular weight excluding hydrogens is 503 g/mol. The number of hydrogen-bond donors (Lipinski definition) is 1. The minimum Gasteiger partial charge on any atom is -0.378 e. The highest BCUT2D eigenvalue weighted by atomic mass is 127. The number of nitrogens with zero attached hydrogens (tertiary/aromatic N) is 3. The molecule has 1 fully saturated rings. The molecule has 0 radical (unpaired) electrons. The zero-order valence-corrected chi connectivity index (χ0v) is 20.9. The molecule has 0 amide bonds. The molecule has 28 heavy (non-hydrogen) atoms. The van der Waals surface area contributed by atoms with Gasteiger partial charge in [0.15, 0.2) is 5.96 Å². The fraction of sp³-hybridized carbons (Fsp3) is 0.600. The summed E-state index contributed by atoms with van der Waals surface area (Å²) in [5, 5.41) is 6.70. The van der Waals surface area contributed by atoms with Crippen molar-refractivity contribution in [2.45, 2.75) is 46.1 Å². The van der Waals surface area contributed by atoms with Gasteiger partial charge in [-0.25, -0.2) is 4.98 Å². The molecule has 1 aliphatic heterocycles. The van der Waals surface area contributed by atoms with Gasteiger partial charge in [-0.1, -0.05) is 0 Å². The molecule has 0 atom stereocenters. The molecule has 0 bridgehead atoms. The van der Waals surface area contributed by atoms with Crippen molar-refractivity contribution in [3.8, 4) is 10.6 Å². The Balaban J connectivity index is 0.00000280. The van der Waals surface area contributed by atoms with Crippen molar-refractivity contribution in [2.75, 3.05) is 32.8 Å². The molecule has 156 valence electrons. The van der Waals surface area contributed by atoms with Crippen LogP contribution in [0.1, 0.15) is 36.6 Å². The van der Waals surface area contributed by atoms with E-state index in [1.54, 1.807) is 11.3 Å². The molecule has 2 aromatic heterocycles. The standard InChI is InChI=1S/C20H30N4OS2.HI/c1-4-21-20(24-12-9-16(10-13-24)25-5-2)22-11-8-17-6-7-19(27-17)18-14-26-15(3)23-18;/h6-7,14,16H,4-5,8-13H2,1-3H3,(H,21,22);1H. The molecule has 5 nitrogen and oxygen atoms in total. The Morgan fingerprint density at radius 3 is 2.75 bits per heavy atom. The number of thiazole rings is 1. The minimum absolute atomic E-state index is 0. The maximum Gasteiger partial charge on any atom is 0.193 e. The molecule has 1 N–H and O–H groups in total. The molecule has 0 saturated carbocycles. The quantitative estimate of drug-likeness (QED) is 0.315. The van der Waals surface area contributed by atoms with E-state index in [0.717, 1.165) is 68.7 Å². The molecule has 8 heteroatoms. The van der Waals surface area contributed by atoms with Gasteiger partial charge in [0.2, 0.25) is 0 Å². The van der Waals surface area contributed by atoms with E-state index in [1.807, 2.05) is 11.3 Å². The summed E-state index contributed by atoms with van der Waals surface area (Å²) in [6, 6.07) is 4.40. The predicted molar refractivity (Wildman–Crippen MR) is 131 cm³/mol. The smallest absolute Gasteiger partial charge is 0.193 e. The van der Waals surface area contributed by atoms with Crippen molar-refractivity contribution in [1.82, 2.24) is 15.2 Å². The zero-order chi connectivity index (χ0) is 19.1. The summed E-state index contributed by atoms with van der Waals surface area (Å²) in [5.41, 5.74) is 1.10. The van der Waals surface area contributed by atoms with Crippen LogP contribution in [0.15, 0.2) is 22.5 Å². The van der Waals surface area contributed by atoms with Crippen molar-refractivity contribution in [3.63, 3.8) is 0 Å². The number of guanidine groups is 1. The van der Waals surface area contributed by atoms with Crippen molar-refractivity contribution < 1.29 is 4.74 Å². The van der Waals surface area contributed by atoms with E-state index < -0.39 is 0 Å². The van der Waals surface area contributed by atoms with Crippen LogP contribution < -0.4 is 5.32 Å². The first-order valence-corrected chi connectivity index (χ1v) is 11.5. The average molecular weight is 535 g/mol. The van der Waals surface area contributed by atoms with E-state index in [0.29, 0.717) is 6.10 Å². The summed E-state index contributed by atoms with van der Waals surface area (Å²) in [4.78, 5) is 14.4. The molecular formula is C20H31IN4OS2. The van der Waals surface area contributed by atoms with Gasteiger partial charge in [-0.15, -0.1) is 46.7 Å². The molecule has 0 aromatic carbocycles. The molecule has 3 rings (SSSR count). The molecule has 0 spiro atoms. The number of piperidine rings is 1. The number of aliphatic imine (C=N–C) groups is 1. The van der Waals surface area contributed by atoms with Gasteiger partial charge >= 0.3 is 0 Å². The largest absolute Gasteiger partial charge is 0.378 e. The number of nitrogens with one attached hydrogen (secondary N) is 1. The number of halogens is 1. The van der Waals surface area contributed by atoms with Gasteiger partial charge in [0.05, 0.1) is 21.7 Å². The van der Waals surface area contributed by atoms with Crippen LogP contribution in [0.5, 0.6) is 0 Å². The third kappa shape index (κ3) is 6.67. The Morgan fingerprint density at radius 2 is 2.11 bits per heavy atom. The fourth-order valence-electron chi connectivity index (χ4n) is 3.29. The molecule has 0 unspecified atom stereocenters. The van der Waals surface area contributed by atoms with Crippen LogP contribution in [0.2, 0.25) is 0 Å². The van der Waals surface area contributed by atoms with Crippen molar-refractivity contribution in [3.05, 3.63) is 27.4 Å². The SMILES string of the molecule is CCNC(=NCCc1ccc(-c2csc(C)n2)s1)N1CCC(OCC)CC1.I. The lowest BCUT2D eigenvalue weighted by molar-refractivity contribution is 0.0264. The number of likely N-dealkylation sites (tertiary alicyclic amines) is 1. The Bertz CT molecular complexity index is 738. The number of aryl methyl sites for hydroxylation is 1. The summed E-state index contributed by atoms with van der Waals surface area (Å²) >= 11 is 3.54. The third-order valence-electron chi connectivity index (χ3n) is 4.63. The van der Waals surface area contributed by atoms with Crippen molar-refractivity contribution in [2.24, 2.45) is 4.99 Å². The van der Waals surface area contributed by atoms with E-state index in [1.165, 1.54) is 9.75 Å². The molecule has 2 aromatic rings. The van der Waals surface area contributed by atoms with Gasteiger partial charge in [-0.2, -0.15) is 0 Å². The van der Waals surface area contributed by atoms with Crippen LogP contribution >= 0.6 is 46.7 Å². The Morgan fingerprint density at radius 1 is 1.32 bits per heavy atom. The predicted octanol–water partition coefficient (Wildman–Crippen LogP) is 4.81. The highest BCUT2D eigenvalue weighted by Crippen LogP contribution is 2.29. The molecule has 0 aliphatic carbocycles. The second kappa shape index (κ2) is 12.1. The number of thiophene rings is 1. The summed E-state index contributed by atoms with van der Waals surface area (Å²) in [5.74, 6) is 1.04. The fourth-order valence-corrected chi connectivity index (χ4v) is 4.94. The number of ether oxygens (including phenoxy) is 1. The van der Waals surface area contributed by atoms with Crippen LogP contribution in [0.25, 0.3) is 10.6 Å². The maximum atomic E-state index is 5.76. The number of rotatable bonds is 7. The van der Waals surface area contributed by atoms with Crippen LogP contribution in [0, 0.1) is 6.92 Å². The van der Waals surface area contributed by atoms with Gasteiger partial charge in [-0.3, -0.25) is 4.99 Å². The first kappa shape index (κ1) is 23.6. The Labute approximate surface area is 193 Å². The van der Waals surface area contributed by atoms with Gasteiger partial charge in [0, 0.05) is 49.5 Å². The van der Waals surface area contributed by atoms with Crippen LogP contribution in [0.4, 0.5) is 0 Å². The average Bonchev–Trinajstić information content (AvgIpc) is 3.31. The Kier molecular flexibility index (Phi) is 10.2. The second-order valence-electron chi connectivity index (χ2n) is 6.65. The van der Waals surface area contributed by atoms with Crippen molar-refractivity contribution in [1.29, 1.82) is 0 Å². The molecule has 1 saturated heterocycles. The van der Waals surface area contributed by atoms with Gasteiger partial charge in [0.1, 0.15) is 0 Å². The van der Waals surface area contributed by atoms with Crippen LogP contribution in [-0.4, -0.2) is 54.7 Å². The summed E-state index contributed by atoms with van der Waals surface area (Å²) in [6.07, 6.45) is 3.55. The number of aromatic nitrogens is 1. The second-order valence-corrected chi connectivity index (χ2v) is 8.88. The van der Waals surface area contributed by atoms with Gasteiger partial charge < -0.3 is 15.0 Å². The minimum atomic E-state index is 0. The molecule has 1 aliphatic rings. The van der Waals surface area contributed by atoms with E-state index >= 15 is 0 Å². The first-order valence-electron chi connectivity index (χ1n) is 9.85. The summed E-state index contributed by atoms with van der Waals surface area (Å²) in [6.45, 7) is 10.8. The normalized spacial score (nSPS) is 15.5. The number of hydrogen-bond acceptors (Lipinski definition) is 5. The topological polar surface area (TPSA) is 49.8 Å². The third-order valence-corrected chi connectivity index (χ3v) is 6.57. The lowest BCUT2D eigenvalue weighted by Crippen LogP contribution is -2.47. The Hall–Kier alpha value is -0.710. The highest BCUT2D eigenvalue weighted by molar-refractivity contribution is 14.0. The van der Waals surface area contributed by atoms with E-state index in [9.17, 15) is 0 Å². The lowest BCUT2D eigenvalue weighted by Gasteiger charge is -2.34. The zero-order valence-electron chi connectivity index (χ0n) is 16.9. The van der Waals surface area contributed by atoms with Crippen molar-refractivity contribution >= 4 is 52.6 Å². The van der Waals surface area contributed by atoms with Crippen LogP contribution in [0.3, 0.4) is 0 Å². The highest BCUT2D eigenvalue weighted by Gasteiger charge is 2.21. The summed E-state index contributed by atoms with van der Waals surface area (Å²) < 4.78 is 5.76. The van der Waals surface area contributed by atoms with E-state index in [-0.39, 0.29) is 24.0 Å². The van der Waals surface area contributed by atoms with E-state index in [2.05, 4.69) is 53.5 Å². The first-order chi connectivity index (χ1) is 13.2. The summed E-state index contributed by atoms with van der Waals surface area (Å²) in [7, 11) is 0. The lowest BCUT2D eigenvalue weighted by atomic mass is 10.1. The van der Waals surface area contributed by atoms with Crippen LogP contribution in [-0.2, 0) is 11.2 Å². The van der Waals surface area contributed by atoms with E-state index in [4.69, 9.17) is 9.73 Å². The van der Waals surface area contributed by atoms with Gasteiger partial charge in [0.25, 0.3) is 0 Å². The molecule has 3 heterocycles. The monoisotopic (exact) mass is 534 g/mol.